The summed E-state index contributed by atoms with van der Waals surface area (Å²) in [6.45, 7) is 0. The van der Waals surface area contributed by atoms with Crippen molar-refractivity contribution in [3.8, 4) is 0 Å². The van der Waals surface area contributed by atoms with Crippen molar-refractivity contribution >= 4 is 17.2 Å². The summed E-state index contributed by atoms with van der Waals surface area (Å²) >= 11 is 6.06. The monoisotopic (exact) mass is 232 g/mol. The van der Waals surface area contributed by atoms with Gasteiger partial charge in [0.05, 0.1) is 0 Å². The van der Waals surface area contributed by atoms with Gasteiger partial charge in [0.2, 0.25) is 0 Å². The van der Waals surface area contributed by atoms with Gasteiger partial charge in [-0.05, 0) is 46.9 Å². The van der Waals surface area contributed by atoms with E-state index in [1.807, 2.05) is 24.3 Å². The van der Waals surface area contributed by atoms with Crippen molar-refractivity contribution in [2.75, 3.05) is 0 Å². The molecule has 3 rings (SSSR count). The molecule has 0 saturated heterocycles. The first kappa shape index (κ1) is 9.86. The zero-order chi connectivity index (χ0) is 11.1. The van der Waals surface area contributed by atoms with Crippen molar-refractivity contribution in [1.82, 2.24) is 0 Å². The summed E-state index contributed by atoms with van der Waals surface area (Å²) in [6, 6.07) is 4.98. The Kier molecular flexibility index (Phi) is 2.22. The average molecular weight is 233 g/mol. The van der Waals surface area contributed by atoms with E-state index in [9.17, 15) is 4.39 Å². The summed E-state index contributed by atoms with van der Waals surface area (Å²) in [5.74, 6) is -0.180. The van der Waals surface area contributed by atoms with E-state index < -0.39 is 0 Å². The zero-order valence-corrected chi connectivity index (χ0v) is 9.39. The van der Waals surface area contributed by atoms with Gasteiger partial charge in [0.15, 0.2) is 0 Å². The SMILES string of the molecule is Fc1ccc2c(c1)C1=C(C=C(Cl)CC=C1)C2. The molecule has 2 heteroatoms. The molecule has 1 aromatic rings. The number of halogens is 2. The van der Waals surface area contributed by atoms with Crippen LogP contribution in [0.2, 0.25) is 0 Å². The Morgan fingerprint density at radius 1 is 1.25 bits per heavy atom. The van der Waals surface area contributed by atoms with E-state index in [4.69, 9.17) is 11.6 Å². The minimum absolute atomic E-state index is 0.180. The van der Waals surface area contributed by atoms with Gasteiger partial charge in [0.25, 0.3) is 0 Å². The highest BCUT2D eigenvalue weighted by Crippen LogP contribution is 2.37. The van der Waals surface area contributed by atoms with Crippen LogP contribution in [0.25, 0.3) is 5.57 Å². The zero-order valence-electron chi connectivity index (χ0n) is 8.63. The summed E-state index contributed by atoms with van der Waals surface area (Å²) < 4.78 is 13.2. The van der Waals surface area contributed by atoms with E-state index in [1.54, 1.807) is 6.07 Å². The van der Waals surface area contributed by atoms with Crippen molar-refractivity contribution in [3.63, 3.8) is 0 Å². The third-order valence-corrected chi connectivity index (χ3v) is 3.28. The van der Waals surface area contributed by atoms with Gasteiger partial charge in [-0.2, -0.15) is 0 Å². The topological polar surface area (TPSA) is 0 Å². The highest BCUT2D eigenvalue weighted by Gasteiger charge is 2.20. The molecule has 0 aromatic heterocycles. The predicted octanol–water partition coefficient (Wildman–Crippen LogP) is 4.22. The number of hydrogen-bond acceptors (Lipinski definition) is 0. The third kappa shape index (κ3) is 1.52. The second-order valence-corrected chi connectivity index (χ2v) is 4.60. The molecule has 0 fully saturated rings. The van der Waals surface area contributed by atoms with Crippen molar-refractivity contribution in [2.45, 2.75) is 12.8 Å². The highest BCUT2D eigenvalue weighted by atomic mass is 35.5. The summed E-state index contributed by atoms with van der Waals surface area (Å²) in [5, 5.41) is 0.842. The lowest BCUT2D eigenvalue weighted by Gasteiger charge is -2.01. The van der Waals surface area contributed by atoms with Crippen LogP contribution in [-0.4, -0.2) is 0 Å². The van der Waals surface area contributed by atoms with Gasteiger partial charge in [-0.25, -0.2) is 4.39 Å². The molecule has 1 aromatic carbocycles. The maximum Gasteiger partial charge on any atom is 0.123 e. The van der Waals surface area contributed by atoms with Gasteiger partial charge in [-0.15, -0.1) is 0 Å². The Morgan fingerprint density at radius 2 is 2.12 bits per heavy atom. The maximum absolute atomic E-state index is 13.2. The molecule has 0 radical (unpaired) electrons. The molecule has 2 aliphatic rings. The highest BCUT2D eigenvalue weighted by molar-refractivity contribution is 6.30. The maximum atomic E-state index is 13.2. The fourth-order valence-electron chi connectivity index (χ4n) is 2.29. The molecule has 2 aliphatic carbocycles. The quantitative estimate of drug-likeness (QED) is 0.628. The summed E-state index contributed by atoms with van der Waals surface area (Å²) in [4.78, 5) is 0. The Hall–Kier alpha value is -1.34. The van der Waals surface area contributed by atoms with Crippen LogP contribution in [0.5, 0.6) is 0 Å². The molecule has 0 aliphatic heterocycles. The van der Waals surface area contributed by atoms with Gasteiger partial charge in [-0.1, -0.05) is 29.8 Å². The van der Waals surface area contributed by atoms with E-state index in [-0.39, 0.29) is 5.82 Å². The Morgan fingerprint density at radius 3 is 3.00 bits per heavy atom. The van der Waals surface area contributed by atoms with Crippen molar-refractivity contribution in [2.24, 2.45) is 0 Å². The predicted molar refractivity (Wildman–Crippen MR) is 64.7 cm³/mol. The molecule has 0 bridgehead atoms. The summed E-state index contributed by atoms with van der Waals surface area (Å²) in [5.41, 5.74) is 4.50. The van der Waals surface area contributed by atoms with Crippen LogP contribution in [0.1, 0.15) is 17.5 Å². The van der Waals surface area contributed by atoms with E-state index in [0.717, 1.165) is 29.0 Å². The van der Waals surface area contributed by atoms with E-state index in [2.05, 4.69) is 0 Å². The second-order valence-electron chi connectivity index (χ2n) is 4.11. The minimum atomic E-state index is -0.180. The van der Waals surface area contributed by atoms with E-state index >= 15 is 0 Å². The van der Waals surface area contributed by atoms with Crippen LogP contribution in [0.3, 0.4) is 0 Å². The van der Waals surface area contributed by atoms with Crippen LogP contribution >= 0.6 is 11.6 Å². The van der Waals surface area contributed by atoms with Crippen molar-refractivity contribution < 1.29 is 4.39 Å². The van der Waals surface area contributed by atoms with Crippen LogP contribution in [0.4, 0.5) is 4.39 Å². The van der Waals surface area contributed by atoms with Crippen LogP contribution in [0.15, 0.2) is 47.0 Å². The Labute approximate surface area is 98.7 Å². The molecular weight excluding hydrogens is 223 g/mol. The van der Waals surface area contributed by atoms with Crippen LogP contribution in [-0.2, 0) is 6.42 Å². The molecule has 0 nitrogen and oxygen atoms in total. The summed E-state index contributed by atoms with van der Waals surface area (Å²) in [6.07, 6.45) is 7.70. The Balaban J connectivity index is 2.18. The first-order valence-corrected chi connectivity index (χ1v) is 5.66. The largest absolute Gasteiger partial charge is 0.207 e. The molecule has 0 heterocycles. The lowest BCUT2D eigenvalue weighted by molar-refractivity contribution is 0.627. The van der Waals surface area contributed by atoms with Gasteiger partial charge < -0.3 is 0 Å². The normalized spacial score (nSPS) is 18.0. The minimum Gasteiger partial charge on any atom is -0.207 e. The van der Waals surface area contributed by atoms with Crippen molar-refractivity contribution in [3.05, 3.63) is 64.0 Å². The molecule has 0 amide bonds. The van der Waals surface area contributed by atoms with Gasteiger partial charge in [0.1, 0.15) is 5.82 Å². The lowest BCUT2D eigenvalue weighted by Crippen LogP contribution is -1.85. The fourth-order valence-corrected chi connectivity index (χ4v) is 2.51. The molecule has 16 heavy (non-hydrogen) atoms. The third-order valence-electron chi connectivity index (χ3n) is 3.02. The molecule has 0 N–H and O–H groups in total. The first-order chi connectivity index (χ1) is 7.74. The standard InChI is InChI=1S/C14H10ClF/c15-11-2-1-3-13-10(7-11)6-9-4-5-12(16)8-14(9)13/h1,3-5,7-8H,2,6H2. The van der Waals surface area contributed by atoms with E-state index in [1.165, 1.54) is 17.2 Å². The smallest absolute Gasteiger partial charge is 0.123 e. The summed E-state index contributed by atoms with van der Waals surface area (Å²) in [7, 11) is 0. The van der Waals surface area contributed by atoms with E-state index in [0.29, 0.717) is 0 Å². The number of allylic oxidation sites excluding steroid dienone is 6. The van der Waals surface area contributed by atoms with Crippen LogP contribution < -0.4 is 0 Å². The first-order valence-electron chi connectivity index (χ1n) is 5.28. The average Bonchev–Trinajstić information content (AvgIpc) is 2.46. The number of fused-ring (bicyclic) bond motifs is 2. The van der Waals surface area contributed by atoms with Gasteiger partial charge >= 0.3 is 0 Å². The van der Waals surface area contributed by atoms with Gasteiger partial charge in [-0.3, -0.25) is 0 Å². The molecular formula is C14H10ClF. The molecule has 0 unspecified atom stereocenters. The lowest BCUT2D eigenvalue weighted by atomic mass is 10.1. The number of rotatable bonds is 0. The molecule has 0 spiro atoms. The second kappa shape index (κ2) is 3.60. The number of hydrogen-bond donors (Lipinski definition) is 0. The Bertz CT molecular complexity index is 550. The fraction of sp³-hybridized carbons (Fsp3) is 0.143. The number of benzene rings is 1. The molecule has 80 valence electrons. The van der Waals surface area contributed by atoms with Crippen LogP contribution in [0, 0.1) is 5.82 Å². The van der Waals surface area contributed by atoms with Gasteiger partial charge in [0, 0.05) is 11.5 Å². The van der Waals surface area contributed by atoms with Crippen molar-refractivity contribution in [1.29, 1.82) is 0 Å². The molecule has 0 atom stereocenters. The molecule has 0 saturated carbocycles.